The third-order valence-corrected chi connectivity index (χ3v) is 10.4. The molecule has 1 aromatic heterocycles. The van der Waals surface area contributed by atoms with Gasteiger partial charge in [-0.1, -0.05) is 30.7 Å². The topological polar surface area (TPSA) is 84.3 Å². The highest BCUT2D eigenvalue weighted by molar-refractivity contribution is 7.89. The predicted molar refractivity (Wildman–Crippen MR) is 163 cm³/mol. The number of piperidine rings is 1. The number of benzene rings is 3. The van der Waals surface area contributed by atoms with Crippen molar-refractivity contribution in [3.63, 3.8) is 0 Å². The Morgan fingerprint density at radius 1 is 0.805 bits per heavy atom. The number of rotatable bonds is 8. The number of ether oxygens (including phenoxy) is 2. The molecule has 212 valence electrons. The van der Waals surface area contributed by atoms with Crippen molar-refractivity contribution < 1.29 is 17.9 Å². The second-order valence-corrected chi connectivity index (χ2v) is 12.9. The summed E-state index contributed by atoms with van der Waals surface area (Å²) in [6.45, 7) is 1.17. The number of thiazole rings is 1. The van der Waals surface area contributed by atoms with Crippen LogP contribution in [0.4, 0.5) is 5.13 Å². The second-order valence-electron chi connectivity index (χ2n) is 10.1. The third-order valence-electron chi connectivity index (χ3n) is 7.63. The number of hydrogen-bond donors (Lipinski definition) is 0. The summed E-state index contributed by atoms with van der Waals surface area (Å²) in [7, 11) is -0.157. The van der Waals surface area contributed by atoms with Crippen LogP contribution in [0.3, 0.4) is 0 Å². The van der Waals surface area contributed by atoms with Crippen molar-refractivity contribution in [2.24, 2.45) is 5.10 Å². The van der Waals surface area contributed by atoms with Crippen LogP contribution in [-0.4, -0.2) is 50.7 Å². The molecular formula is C31H32N4O4S2. The zero-order valence-corrected chi connectivity index (χ0v) is 24.7. The Kier molecular flexibility index (Phi) is 7.79. The fourth-order valence-corrected chi connectivity index (χ4v) is 7.63. The van der Waals surface area contributed by atoms with Crippen LogP contribution >= 0.6 is 11.3 Å². The molecule has 1 saturated heterocycles. The number of aromatic nitrogens is 1. The summed E-state index contributed by atoms with van der Waals surface area (Å²) in [5.74, 6) is 1.60. The molecule has 1 unspecified atom stereocenters. The summed E-state index contributed by atoms with van der Waals surface area (Å²) in [5, 5.41) is 9.79. The largest absolute Gasteiger partial charge is 0.497 e. The molecule has 6 rings (SSSR count). The Morgan fingerprint density at radius 2 is 1.41 bits per heavy atom. The van der Waals surface area contributed by atoms with E-state index in [0.29, 0.717) is 18.0 Å². The molecule has 0 N–H and O–H groups in total. The minimum Gasteiger partial charge on any atom is -0.497 e. The van der Waals surface area contributed by atoms with Crippen LogP contribution in [-0.2, 0) is 10.0 Å². The molecule has 0 bridgehead atoms. The highest BCUT2D eigenvalue weighted by Gasteiger charge is 2.32. The van der Waals surface area contributed by atoms with Crippen LogP contribution in [0, 0.1) is 0 Å². The summed E-state index contributed by atoms with van der Waals surface area (Å²) in [6.07, 6.45) is 3.63. The molecule has 41 heavy (non-hydrogen) atoms. The molecule has 10 heteroatoms. The average molecular weight is 589 g/mol. The highest BCUT2D eigenvalue weighted by atomic mass is 32.2. The van der Waals surface area contributed by atoms with Crippen molar-refractivity contribution in [2.75, 3.05) is 32.3 Å². The van der Waals surface area contributed by atoms with E-state index in [1.807, 2.05) is 58.9 Å². The van der Waals surface area contributed by atoms with Crippen LogP contribution < -0.4 is 14.5 Å². The van der Waals surface area contributed by atoms with Gasteiger partial charge in [0.25, 0.3) is 0 Å². The van der Waals surface area contributed by atoms with Crippen LogP contribution in [0.1, 0.15) is 42.9 Å². The van der Waals surface area contributed by atoms with Gasteiger partial charge in [0.15, 0.2) is 0 Å². The van der Waals surface area contributed by atoms with Gasteiger partial charge in [0.05, 0.1) is 36.6 Å². The molecule has 2 aliphatic rings. The van der Waals surface area contributed by atoms with Crippen molar-refractivity contribution in [3.8, 4) is 22.8 Å². The van der Waals surface area contributed by atoms with Gasteiger partial charge >= 0.3 is 0 Å². The van der Waals surface area contributed by atoms with E-state index >= 15 is 0 Å². The van der Waals surface area contributed by atoms with Crippen molar-refractivity contribution in [3.05, 3.63) is 89.3 Å². The van der Waals surface area contributed by atoms with E-state index in [1.54, 1.807) is 30.7 Å². The first-order valence-corrected chi connectivity index (χ1v) is 16.0. The van der Waals surface area contributed by atoms with Gasteiger partial charge in [0.2, 0.25) is 15.2 Å². The molecule has 0 radical (unpaired) electrons. The molecule has 8 nitrogen and oxygen atoms in total. The van der Waals surface area contributed by atoms with Crippen LogP contribution in [0.5, 0.6) is 11.5 Å². The molecule has 1 fully saturated rings. The molecule has 0 amide bonds. The molecular weight excluding hydrogens is 556 g/mol. The first-order valence-electron chi connectivity index (χ1n) is 13.7. The van der Waals surface area contributed by atoms with E-state index in [1.165, 1.54) is 11.3 Å². The standard InChI is InChI=1S/C31H32N4O4S2/c1-38-25-12-6-22(7-13-25)28-20-30(24-8-14-26(39-2)15-9-24)35(33-28)31-32-29(21-40-31)23-10-16-27(17-11-23)41(36,37)34-18-4-3-5-19-34/h6-17,21,30H,3-5,18-20H2,1-2H3. The summed E-state index contributed by atoms with van der Waals surface area (Å²) in [6, 6.07) is 23.0. The second kappa shape index (κ2) is 11.6. The van der Waals surface area contributed by atoms with Gasteiger partial charge in [-0.15, -0.1) is 11.3 Å². The first kappa shape index (κ1) is 27.4. The average Bonchev–Trinajstić information content (AvgIpc) is 3.70. The zero-order valence-electron chi connectivity index (χ0n) is 23.1. The Labute approximate surface area is 244 Å². The van der Waals surface area contributed by atoms with Crippen molar-refractivity contribution in [1.82, 2.24) is 9.29 Å². The molecule has 3 aromatic carbocycles. The monoisotopic (exact) mass is 588 g/mol. The predicted octanol–water partition coefficient (Wildman–Crippen LogP) is 6.36. The number of anilines is 1. The molecule has 0 spiro atoms. The number of hydrazone groups is 1. The Balaban J connectivity index is 1.29. The van der Waals surface area contributed by atoms with Gasteiger partial charge < -0.3 is 9.47 Å². The summed E-state index contributed by atoms with van der Waals surface area (Å²) < 4.78 is 38.5. The van der Waals surface area contributed by atoms with Crippen LogP contribution in [0.15, 0.2) is 88.2 Å². The smallest absolute Gasteiger partial charge is 0.243 e. The molecule has 0 saturated carbocycles. The molecule has 1 atom stereocenters. The van der Waals surface area contributed by atoms with Gasteiger partial charge in [-0.05, 0) is 72.5 Å². The maximum atomic E-state index is 13.1. The normalized spacial score (nSPS) is 17.9. The lowest BCUT2D eigenvalue weighted by molar-refractivity contribution is 0.346. The van der Waals surface area contributed by atoms with E-state index in [9.17, 15) is 8.42 Å². The van der Waals surface area contributed by atoms with Gasteiger partial charge in [-0.2, -0.15) is 9.41 Å². The van der Waals surface area contributed by atoms with E-state index in [2.05, 4.69) is 12.1 Å². The number of nitrogens with zero attached hydrogens (tertiary/aromatic N) is 4. The molecule has 4 aromatic rings. The summed E-state index contributed by atoms with van der Waals surface area (Å²) in [5.41, 5.74) is 4.77. The van der Waals surface area contributed by atoms with E-state index in [0.717, 1.165) is 70.4 Å². The lowest BCUT2D eigenvalue weighted by atomic mass is 9.98. The van der Waals surface area contributed by atoms with Gasteiger partial charge in [0, 0.05) is 30.5 Å². The lowest BCUT2D eigenvalue weighted by Gasteiger charge is -2.25. The Bertz CT molecular complexity index is 1630. The van der Waals surface area contributed by atoms with Gasteiger partial charge in [0.1, 0.15) is 11.5 Å². The van der Waals surface area contributed by atoms with Gasteiger partial charge in [-0.3, -0.25) is 0 Å². The van der Waals surface area contributed by atoms with Crippen LogP contribution in [0.2, 0.25) is 0 Å². The zero-order chi connectivity index (χ0) is 28.4. The number of hydrogen-bond acceptors (Lipinski definition) is 8. The van der Waals surface area contributed by atoms with Crippen molar-refractivity contribution in [2.45, 2.75) is 36.6 Å². The fraction of sp³-hybridized carbons (Fsp3) is 0.290. The fourth-order valence-electron chi connectivity index (χ4n) is 5.28. The van der Waals surface area contributed by atoms with Gasteiger partial charge in [-0.25, -0.2) is 18.4 Å². The Hall–Kier alpha value is -3.73. The quantitative estimate of drug-likeness (QED) is 0.238. The lowest BCUT2D eigenvalue weighted by Crippen LogP contribution is -2.35. The van der Waals surface area contributed by atoms with E-state index in [4.69, 9.17) is 19.6 Å². The minimum absolute atomic E-state index is 0.0333. The first-order chi connectivity index (χ1) is 20.0. The van der Waals surface area contributed by atoms with E-state index in [-0.39, 0.29) is 6.04 Å². The van der Waals surface area contributed by atoms with Crippen molar-refractivity contribution >= 4 is 32.2 Å². The molecule has 3 heterocycles. The SMILES string of the molecule is COc1ccc(C2=NN(c3nc(-c4ccc(S(=O)(=O)N5CCCCC5)cc4)cs3)C(c3ccc(OC)cc3)C2)cc1. The maximum absolute atomic E-state index is 13.1. The highest BCUT2D eigenvalue weighted by Crippen LogP contribution is 2.40. The molecule has 0 aliphatic carbocycles. The maximum Gasteiger partial charge on any atom is 0.243 e. The third kappa shape index (κ3) is 5.59. The van der Waals surface area contributed by atoms with Crippen LogP contribution in [0.25, 0.3) is 11.3 Å². The minimum atomic E-state index is -3.48. The van der Waals surface area contributed by atoms with E-state index < -0.39 is 10.0 Å². The number of sulfonamides is 1. The number of methoxy groups -OCH3 is 2. The summed E-state index contributed by atoms with van der Waals surface area (Å²) in [4.78, 5) is 5.27. The van der Waals surface area contributed by atoms with Crippen molar-refractivity contribution in [1.29, 1.82) is 0 Å². The summed E-state index contributed by atoms with van der Waals surface area (Å²) >= 11 is 1.52. The molecule has 2 aliphatic heterocycles. The Morgan fingerprint density at radius 3 is 2.05 bits per heavy atom.